The summed E-state index contributed by atoms with van der Waals surface area (Å²) in [5, 5.41) is 1.14. The summed E-state index contributed by atoms with van der Waals surface area (Å²) in [6, 6.07) is 13.3. The van der Waals surface area contributed by atoms with Crippen molar-refractivity contribution in [2.45, 2.75) is 12.7 Å². The number of hydrogen-bond acceptors (Lipinski definition) is 4. The molecular weight excluding hydrogens is 377 g/mol. The number of methoxy groups -OCH3 is 1. The smallest absolute Gasteiger partial charge is 0.139 e. The van der Waals surface area contributed by atoms with Crippen LogP contribution in [0.1, 0.15) is 17.2 Å². The fourth-order valence-corrected chi connectivity index (χ4v) is 4.06. The van der Waals surface area contributed by atoms with Gasteiger partial charge < -0.3 is 14.4 Å². The molecule has 2 aromatic rings. The number of benzene rings is 2. The van der Waals surface area contributed by atoms with E-state index in [1.54, 1.807) is 37.1 Å². The van der Waals surface area contributed by atoms with Gasteiger partial charge in [0.05, 0.1) is 10.9 Å². The fourth-order valence-electron chi connectivity index (χ4n) is 2.67. The van der Waals surface area contributed by atoms with Crippen LogP contribution in [0.25, 0.3) is 0 Å². The summed E-state index contributed by atoms with van der Waals surface area (Å²) in [6.45, 7) is 0.393. The normalized spacial score (nSPS) is 15.2. The van der Waals surface area contributed by atoms with E-state index in [4.69, 9.17) is 32.7 Å². The quantitative estimate of drug-likeness (QED) is 0.621. The maximum Gasteiger partial charge on any atom is 0.139 e. The molecule has 1 aliphatic heterocycles. The minimum Gasteiger partial charge on any atom is -0.487 e. The van der Waals surface area contributed by atoms with E-state index in [0.717, 1.165) is 17.0 Å². The molecular formula is C19H19Cl2NO2S. The Labute approximate surface area is 162 Å². The lowest BCUT2D eigenvalue weighted by atomic mass is 10.0. The highest BCUT2D eigenvalue weighted by Crippen LogP contribution is 2.39. The van der Waals surface area contributed by atoms with Crippen molar-refractivity contribution in [1.29, 1.82) is 0 Å². The molecule has 2 aromatic carbocycles. The van der Waals surface area contributed by atoms with Crippen LogP contribution in [0.3, 0.4) is 0 Å². The lowest BCUT2D eigenvalue weighted by Crippen LogP contribution is -2.08. The molecule has 3 rings (SSSR count). The van der Waals surface area contributed by atoms with E-state index in [1.165, 1.54) is 4.91 Å². The lowest BCUT2D eigenvalue weighted by Gasteiger charge is -2.20. The zero-order chi connectivity index (χ0) is 17.8. The first-order valence-electron chi connectivity index (χ1n) is 7.81. The van der Waals surface area contributed by atoms with Crippen LogP contribution in [0, 0.1) is 0 Å². The van der Waals surface area contributed by atoms with Gasteiger partial charge in [-0.25, -0.2) is 0 Å². The highest BCUT2D eigenvalue weighted by Gasteiger charge is 2.23. The van der Waals surface area contributed by atoms with Gasteiger partial charge in [-0.1, -0.05) is 47.5 Å². The summed E-state index contributed by atoms with van der Waals surface area (Å²) in [5.41, 5.74) is 2.15. The number of nitrogens with zero attached hydrogens (tertiary/aromatic N) is 1. The van der Waals surface area contributed by atoms with Gasteiger partial charge in [0.1, 0.15) is 18.5 Å². The molecule has 132 valence electrons. The molecule has 0 saturated heterocycles. The maximum absolute atomic E-state index is 6.19. The summed E-state index contributed by atoms with van der Waals surface area (Å²) < 4.78 is 11.7. The molecule has 0 aliphatic carbocycles. The Morgan fingerprint density at radius 1 is 1.20 bits per heavy atom. The molecule has 0 aromatic heterocycles. The molecule has 1 aliphatic rings. The molecule has 1 unspecified atom stereocenters. The zero-order valence-electron chi connectivity index (χ0n) is 14.0. The van der Waals surface area contributed by atoms with Gasteiger partial charge in [0.2, 0.25) is 0 Å². The molecule has 0 radical (unpaired) electrons. The average Bonchev–Trinajstić information content (AvgIpc) is 3.03. The third-order valence-corrected chi connectivity index (χ3v) is 5.63. The van der Waals surface area contributed by atoms with Crippen LogP contribution < -0.4 is 4.74 Å². The summed E-state index contributed by atoms with van der Waals surface area (Å²) >= 11 is 14.0. The Bertz CT molecular complexity index is 782. The number of rotatable bonds is 6. The van der Waals surface area contributed by atoms with Gasteiger partial charge in [-0.15, -0.1) is 11.8 Å². The predicted molar refractivity (Wildman–Crippen MR) is 105 cm³/mol. The van der Waals surface area contributed by atoms with Crippen molar-refractivity contribution in [1.82, 2.24) is 4.90 Å². The van der Waals surface area contributed by atoms with Crippen LogP contribution >= 0.6 is 35.0 Å². The van der Waals surface area contributed by atoms with Crippen molar-refractivity contribution >= 4 is 35.0 Å². The van der Waals surface area contributed by atoms with Crippen molar-refractivity contribution in [3.05, 3.63) is 74.7 Å². The van der Waals surface area contributed by atoms with E-state index >= 15 is 0 Å². The molecule has 0 N–H and O–H groups in total. The first kappa shape index (κ1) is 18.5. The lowest BCUT2D eigenvalue weighted by molar-refractivity contribution is 0.137. The first-order chi connectivity index (χ1) is 12.1. The second kappa shape index (κ2) is 8.37. The predicted octanol–water partition coefficient (Wildman–Crippen LogP) is 5.74. The van der Waals surface area contributed by atoms with Gasteiger partial charge >= 0.3 is 0 Å². The Morgan fingerprint density at radius 3 is 2.72 bits per heavy atom. The van der Waals surface area contributed by atoms with E-state index < -0.39 is 0 Å². The van der Waals surface area contributed by atoms with Crippen LogP contribution in [-0.4, -0.2) is 24.9 Å². The van der Waals surface area contributed by atoms with Gasteiger partial charge in [0.15, 0.2) is 0 Å². The second-order valence-electron chi connectivity index (χ2n) is 5.74. The molecule has 1 heterocycles. The number of hydrogen-bond donors (Lipinski definition) is 0. The second-order valence-corrected chi connectivity index (χ2v) is 7.60. The third kappa shape index (κ3) is 4.45. The Morgan fingerprint density at radius 2 is 2.00 bits per heavy atom. The summed E-state index contributed by atoms with van der Waals surface area (Å²) in [5.74, 6) is 1.51. The fraction of sp³-hybridized carbons (Fsp3) is 0.263. The summed E-state index contributed by atoms with van der Waals surface area (Å²) in [6.07, 6.45) is 2.02. The summed E-state index contributed by atoms with van der Waals surface area (Å²) in [4.78, 5) is 3.34. The topological polar surface area (TPSA) is 21.7 Å². The number of ether oxygens (including phenoxy) is 2. The van der Waals surface area contributed by atoms with Crippen LogP contribution in [0.2, 0.25) is 10.0 Å². The maximum atomic E-state index is 6.19. The molecule has 0 spiro atoms. The van der Waals surface area contributed by atoms with Crippen molar-refractivity contribution in [2.75, 3.05) is 20.0 Å². The number of halogens is 2. The largest absolute Gasteiger partial charge is 0.487 e. The van der Waals surface area contributed by atoms with Crippen molar-refractivity contribution < 1.29 is 9.47 Å². The van der Waals surface area contributed by atoms with Crippen molar-refractivity contribution in [3.63, 3.8) is 0 Å². The van der Waals surface area contributed by atoms with Crippen LogP contribution in [0.4, 0.5) is 0 Å². The van der Waals surface area contributed by atoms with E-state index in [1.807, 2.05) is 18.2 Å². The number of thioether (sulfide) groups is 1. The average molecular weight is 396 g/mol. The molecule has 0 saturated carbocycles. The van der Waals surface area contributed by atoms with E-state index in [0.29, 0.717) is 22.4 Å². The Balaban J connectivity index is 1.83. The van der Waals surface area contributed by atoms with Gasteiger partial charge in [-0.3, -0.25) is 0 Å². The minimum atomic E-state index is -0.107. The van der Waals surface area contributed by atoms with Crippen molar-refractivity contribution in [2.24, 2.45) is 0 Å². The highest BCUT2D eigenvalue weighted by molar-refractivity contribution is 8.03. The van der Waals surface area contributed by atoms with Gasteiger partial charge in [0.25, 0.3) is 0 Å². The SMILES string of the molecule is COC(C1=CN(C)CS1)c1ccccc1COc1cc(Cl)ccc1Cl. The first-order valence-corrected chi connectivity index (χ1v) is 9.56. The highest BCUT2D eigenvalue weighted by atomic mass is 35.5. The van der Waals surface area contributed by atoms with Gasteiger partial charge in [0, 0.05) is 36.4 Å². The van der Waals surface area contributed by atoms with Crippen LogP contribution in [-0.2, 0) is 11.3 Å². The molecule has 0 fully saturated rings. The van der Waals surface area contributed by atoms with Gasteiger partial charge in [-0.05, 0) is 23.3 Å². The summed E-state index contributed by atoms with van der Waals surface area (Å²) in [7, 11) is 3.79. The third-order valence-electron chi connectivity index (χ3n) is 3.89. The monoisotopic (exact) mass is 395 g/mol. The van der Waals surface area contributed by atoms with E-state index in [-0.39, 0.29) is 6.10 Å². The zero-order valence-corrected chi connectivity index (χ0v) is 16.4. The van der Waals surface area contributed by atoms with Crippen LogP contribution in [0.5, 0.6) is 5.75 Å². The standard InChI is InChI=1S/C19H19Cl2NO2S/c1-22-10-18(25-12-22)19(23-2)15-6-4-3-5-13(15)11-24-17-9-14(20)7-8-16(17)21/h3-10,19H,11-12H2,1-2H3. The molecule has 25 heavy (non-hydrogen) atoms. The van der Waals surface area contributed by atoms with Gasteiger partial charge in [-0.2, -0.15) is 0 Å². The minimum absolute atomic E-state index is 0.107. The molecule has 1 atom stereocenters. The Kier molecular flexibility index (Phi) is 6.18. The molecule has 3 nitrogen and oxygen atoms in total. The molecule has 0 amide bonds. The Hall–Kier alpha value is -1.33. The van der Waals surface area contributed by atoms with Crippen LogP contribution in [0.15, 0.2) is 53.6 Å². The van der Waals surface area contributed by atoms with E-state index in [9.17, 15) is 0 Å². The van der Waals surface area contributed by atoms with Crippen molar-refractivity contribution in [3.8, 4) is 5.75 Å². The van der Waals surface area contributed by atoms with E-state index in [2.05, 4.69) is 24.2 Å². The molecule has 0 bridgehead atoms. The molecule has 6 heteroatoms.